The average molecular weight is 181 g/mol. The molecule has 0 aliphatic rings. The molecule has 0 spiro atoms. The first-order valence-corrected chi connectivity index (χ1v) is 3.34. The van der Waals surface area contributed by atoms with Crippen molar-refractivity contribution in [3.8, 4) is 0 Å². The van der Waals surface area contributed by atoms with E-state index in [1.165, 1.54) is 0 Å². The van der Waals surface area contributed by atoms with Gasteiger partial charge in [-0.1, -0.05) is 0 Å². The summed E-state index contributed by atoms with van der Waals surface area (Å²) in [6.45, 7) is -1.61. The fourth-order valence-corrected chi connectivity index (χ4v) is 0.577. The van der Waals surface area contributed by atoms with Crippen molar-refractivity contribution in [2.75, 3.05) is 13.2 Å². The Labute approximate surface area is 68.7 Å². The van der Waals surface area contributed by atoms with Crippen molar-refractivity contribution in [3.63, 3.8) is 0 Å². The second kappa shape index (κ2) is 5.18. The standard InChI is InChI=1S/C6H12O6/c7-1-3(9)5(11)6(12)4(10)2-8/h3-5,7-11H,1-2H2/t3-,4+,5+/m1/s1/i2+1. The molecule has 0 bridgehead atoms. The maximum Gasteiger partial charge on any atom is 0.194 e. The van der Waals surface area contributed by atoms with Gasteiger partial charge < -0.3 is 25.5 Å². The van der Waals surface area contributed by atoms with Gasteiger partial charge in [0.1, 0.15) is 18.3 Å². The zero-order chi connectivity index (χ0) is 9.72. The zero-order valence-electron chi connectivity index (χ0n) is 6.29. The number of aliphatic hydroxyl groups is 5. The third-order valence-corrected chi connectivity index (χ3v) is 1.34. The lowest BCUT2D eigenvalue weighted by Crippen LogP contribution is -2.43. The van der Waals surface area contributed by atoms with Crippen molar-refractivity contribution in [1.29, 1.82) is 0 Å². The number of Topliss-reactive ketones (excluding diaryl/α,β-unsaturated/α-hetero) is 1. The molecule has 5 N–H and O–H groups in total. The normalized spacial score (nSPS) is 18.4. The molecular formula is C6H12O6. The van der Waals surface area contributed by atoms with Gasteiger partial charge in [-0.05, 0) is 0 Å². The first kappa shape index (κ1) is 11.5. The van der Waals surface area contributed by atoms with E-state index in [1.807, 2.05) is 0 Å². The Balaban J connectivity index is 4.09. The maximum absolute atomic E-state index is 10.7. The second-order valence-corrected chi connectivity index (χ2v) is 2.30. The van der Waals surface area contributed by atoms with Crippen LogP contribution in [0.3, 0.4) is 0 Å². The monoisotopic (exact) mass is 181 g/mol. The number of hydrogen-bond acceptors (Lipinski definition) is 6. The first-order valence-electron chi connectivity index (χ1n) is 3.34. The van der Waals surface area contributed by atoms with Crippen LogP contribution in [0.4, 0.5) is 0 Å². The minimum atomic E-state index is -1.86. The molecule has 6 heteroatoms. The van der Waals surface area contributed by atoms with Crippen molar-refractivity contribution in [3.05, 3.63) is 0 Å². The Bertz CT molecular complexity index is 147. The van der Waals surface area contributed by atoms with Crippen molar-refractivity contribution in [2.24, 2.45) is 0 Å². The van der Waals surface area contributed by atoms with Gasteiger partial charge in [0.25, 0.3) is 0 Å². The highest BCUT2D eigenvalue weighted by molar-refractivity contribution is 5.87. The topological polar surface area (TPSA) is 118 Å². The minimum Gasteiger partial charge on any atom is -0.394 e. The van der Waals surface area contributed by atoms with Crippen LogP contribution < -0.4 is 0 Å². The van der Waals surface area contributed by atoms with Gasteiger partial charge in [0, 0.05) is 0 Å². The molecule has 12 heavy (non-hydrogen) atoms. The quantitative estimate of drug-likeness (QED) is 0.282. The second-order valence-electron chi connectivity index (χ2n) is 2.30. The largest absolute Gasteiger partial charge is 0.394 e. The molecule has 0 radical (unpaired) electrons. The van der Waals surface area contributed by atoms with Crippen LogP contribution in [0.1, 0.15) is 0 Å². The van der Waals surface area contributed by atoms with E-state index in [9.17, 15) is 4.79 Å². The number of rotatable bonds is 5. The summed E-state index contributed by atoms with van der Waals surface area (Å²) < 4.78 is 0. The summed E-state index contributed by atoms with van der Waals surface area (Å²) in [6, 6.07) is 0. The fourth-order valence-electron chi connectivity index (χ4n) is 0.577. The number of hydrogen-bond donors (Lipinski definition) is 5. The number of ketones is 1. The van der Waals surface area contributed by atoms with Gasteiger partial charge in [0.15, 0.2) is 5.78 Å². The molecule has 72 valence electrons. The molecule has 0 unspecified atom stereocenters. The van der Waals surface area contributed by atoms with Crippen molar-refractivity contribution >= 4 is 5.78 Å². The summed E-state index contributed by atoms with van der Waals surface area (Å²) >= 11 is 0. The fraction of sp³-hybridized carbons (Fsp3) is 0.833. The molecule has 0 fully saturated rings. The number of carbonyl (C=O) groups excluding carboxylic acids is 1. The molecule has 0 aliphatic heterocycles. The van der Waals surface area contributed by atoms with E-state index < -0.39 is 37.3 Å². The minimum absolute atomic E-state index is 0.787. The third-order valence-electron chi connectivity index (χ3n) is 1.34. The molecule has 0 amide bonds. The summed E-state index contributed by atoms with van der Waals surface area (Å²) in [5, 5.41) is 42.9. The van der Waals surface area contributed by atoms with Gasteiger partial charge in [-0.2, -0.15) is 0 Å². The third kappa shape index (κ3) is 2.84. The van der Waals surface area contributed by atoms with E-state index in [2.05, 4.69) is 0 Å². The van der Waals surface area contributed by atoms with E-state index >= 15 is 0 Å². The highest BCUT2D eigenvalue weighted by Crippen LogP contribution is 1.98. The van der Waals surface area contributed by atoms with Crippen LogP contribution in [0.2, 0.25) is 0 Å². The van der Waals surface area contributed by atoms with Gasteiger partial charge in [0.05, 0.1) is 13.2 Å². The SMILES string of the molecule is O=C([C@@H](O)[C@H](O)CO)[C@@H](O)[13CH2]O. The lowest BCUT2D eigenvalue weighted by atomic mass is 10.1. The van der Waals surface area contributed by atoms with Crippen molar-refractivity contribution < 1.29 is 30.3 Å². The maximum atomic E-state index is 10.7. The van der Waals surface area contributed by atoms with Crippen LogP contribution in [0.15, 0.2) is 0 Å². The summed E-state index contributed by atoms with van der Waals surface area (Å²) in [5.74, 6) is -1.11. The summed E-state index contributed by atoms with van der Waals surface area (Å²) in [5.41, 5.74) is 0. The van der Waals surface area contributed by atoms with Crippen LogP contribution in [0.25, 0.3) is 0 Å². The van der Waals surface area contributed by atoms with Crippen LogP contribution in [-0.2, 0) is 4.79 Å². The molecule has 3 atom stereocenters. The molecule has 0 heterocycles. The Morgan fingerprint density at radius 1 is 1.08 bits per heavy atom. The van der Waals surface area contributed by atoms with E-state index in [0.29, 0.717) is 0 Å². The molecule has 0 saturated heterocycles. The molecule has 0 rings (SSSR count). The van der Waals surface area contributed by atoms with Crippen LogP contribution >= 0.6 is 0 Å². The van der Waals surface area contributed by atoms with Crippen molar-refractivity contribution in [2.45, 2.75) is 18.3 Å². The highest BCUT2D eigenvalue weighted by atomic mass is 16.4. The van der Waals surface area contributed by atoms with Gasteiger partial charge >= 0.3 is 0 Å². The summed E-state index contributed by atoms with van der Waals surface area (Å²) in [6.07, 6.45) is -5.21. The summed E-state index contributed by atoms with van der Waals surface area (Å²) in [7, 11) is 0. The Kier molecular flexibility index (Phi) is 4.95. The molecule has 0 aromatic heterocycles. The molecular weight excluding hydrogens is 169 g/mol. The van der Waals surface area contributed by atoms with E-state index in [-0.39, 0.29) is 0 Å². The predicted molar refractivity (Wildman–Crippen MR) is 37.2 cm³/mol. The van der Waals surface area contributed by atoms with Gasteiger partial charge in [-0.3, -0.25) is 4.79 Å². The lowest BCUT2D eigenvalue weighted by Gasteiger charge is -2.16. The van der Waals surface area contributed by atoms with E-state index in [4.69, 9.17) is 25.5 Å². The van der Waals surface area contributed by atoms with Crippen LogP contribution in [0.5, 0.6) is 0 Å². The number of carbonyl (C=O) groups is 1. The Morgan fingerprint density at radius 3 is 1.92 bits per heavy atom. The van der Waals surface area contributed by atoms with Gasteiger partial charge in [0.2, 0.25) is 0 Å². The molecule has 6 nitrogen and oxygen atoms in total. The first-order chi connectivity index (χ1) is 5.54. The molecule has 0 aromatic carbocycles. The van der Waals surface area contributed by atoms with Gasteiger partial charge in [-0.15, -0.1) is 0 Å². The molecule has 0 aromatic rings. The lowest BCUT2D eigenvalue weighted by molar-refractivity contribution is -0.144. The average Bonchev–Trinajstić information content (AvgIpc) is 2.12. The van der Waals surface area contributed by atoms with E-state index in [1.54, 1.807) is 0 Å². The molecule has 0 aliphatic carbocycles. The smallest absolute Gasteiger partial charge is 0.194 e. The highest BCUT2D eigenvalue weighted by Gasteiger charge is 2.28. The summed E-state index contributed by atoms with van der Waals surface area (Å²) in [4.78, 5) is 10.7. The van der Waals surface area contributed by atoms with Crippen molar-refractivity contribution in [1.82, 2.24) is 0 Å². The van der Waals surface area contributed by atoms with Crippen LogP contribution in [-0.4, -0.2) is 62.8 Å². The Hall–Kier alpha value is -0.530. The Morgan fingerprint density at radius 2 is 1.58 bits per heavy atom. The van der Waals surface area contributed by atoms with E-state index in [0.717, 1.165) is 0 Å². The van der Waals surface area contributed by atoms with Gasteiger partial charge in [-0.25, -0.2) is 0 Å². The number of aliphatic hydroxyl groups excluding tert-OH is 5. The van der Waals surface area contributed by atoms with Crippen LogP contribution in [0, 0.1) is 0 Å². The molecule has 0 saturated carbocycles. The predicted octanol–water partition coefficient (Wildman–Crippen LogP) is -3.38. The zero-order valence-corrected chi connectivity index (χ0v) is 6.29.